The first-order valence-electron chi connectivity index (χ1n) is 5.05. The highest BCUT2D eigenvalue weighted by atomic mass is 16.5. The number of benzene rings is 1. The molecule has 0 saturated carbocycles. The molecule has 2 rings (SSSR count). The molecule has 0 fully saturated rings. The molecule has 0 aliphatic rings. The van der Waals surface area contributed by atoms with Crippen LogP contribution in [0.25, 0.3) is 10.4 Å². The Morgan fingerprint density at radius 3 is 2.94 bits per heavy atom. The number of azide groups is 1. The van der Waals surface area contributed by atoms with Gasteiger partial charge in [0, 0.05) is 18.2 Å². The van der Waals surface area contributed by atoms with Crippen LogP contribution in [0.15, 0.2) is 41.6 Å². The van der Waals surface area contributed by atoms with Crippen LogP contribution in [0.5, 0.6) is 5.75 Å². The summed E-state index contributed by atoms with van der Waals surface area (Å²) >= 11 is 0. The summed E-state index contributed by atoms with van der Waals surface area (Å²) in [6, 6.07) is 8.96. The fraction of sp³-hybridized carbons (Fsp3) is 0.182. The Bertz CT molecular complexity index is 556. The first-order chi connectivity index (χ1) is 8.31. The van der Waals surface area contributed by atoms with E-state index in [2.05, 4.69) is 15.1 Å². The number of para-hydroxylation sites is 1. The van der Waals surface area contributed by atoms with Gasteiger partial charge in [0.25, 0.3) is 0 Å². The predicted octanol–water partition coefficient (Wildman–Crippen LogP) is 2.94. The SMILES string of the molecule is Cn1nccc1COc1ccccc1N=[N+]=[N-]. The first kappa shape index (κ1) is 11.0. The highest BCUT2D eigenvalue weighted by Gasteiger charge is 2.03. The summed E-state index contributed by atoms with van der Waals surface area (Å²) in [5, 5.41) is 7.60. The van der Waals surface area contributed by atoms with Crippen molar-refractivity contribution < 1.29 is 4.74 Å². The van der Waals surface area contributed by atoms with E-state index in [1.165, 1.54) is 0 Å². The van der Waals surface area contributed by atoms with E-state index in [4.69, 9.17) is 10.3 Å². The van der Waals surface area contributed by atoms with E-state index in [1.54, 1.807) is 29.1 Å². The standard InChI is InChI=1S/C11H11N5O/c1-16-9(6-7-13-16)8-17-11-5-3-2-4-10(11)14-15-12/h2-7H,8H2,1H3. The molecule has 17 heavy (non-hydrogen) atoms. The van der Waals surface area contributed by atoms with E-state index in [-0.39, 0.29) is 0 Å². The Kier molecular flexibility index (Phi) is 3.28. The van der Waals surface area contributed by atoms with E-state index >= 15 is 0 Å². The molecule has 0 spiro atoms. The number of hydrogen-bond donors (Lipinski definition) is 0. The van der Waals surface area contributed by atoms with Crippen molar-refractivity contribution in [3.05, 3.63) is 52.7 Å². The van der Waals surface area contributed by atoms with E-state index < -0.39 is 0 Å². The first-order valence-corrected chi connectivity index (χ1v) is 5.05. The van der Waals surface area contributed by atoms with Crippen molar-refractivity contribution in [2.75, 3.05) is 0 Å². The van der Waals surface area contributed by atoms with Gasteiger partial charge in [0.05, 0.1) is 11.4 Å². The van der Waals surface area contributed by atoms with Crippen LogP contribution < -0.4 is 4.74 Å². The molecule has 0 radical (unpaired) electrons. The molecule has 6 nitrogen and oxygen atoms in total. The molecule has 1 aromatic carbocycles. The van der Waals surface area contributed by atoms with Gasteiger partial charge >= 0.3 is 0 Å². The molecule has 86 valence electrons. The second kappa shape index (κ2) is 5.05. The third kappa shape index (κ3) is 2.56. The van der Waals surface area contributed by atoms with Gasteiger partial charge in [0.1, 0.15) is 12.4 Å². The third-order valence-electron chi connectivity index (χ3n) is 2.32. The Balaban J connectivity index is 2.14. The van der Waals surface area contributed by atoms with Gasteiger partial charge in [-0.3, -0.25) is 4.68 Å². The van der Waals surface area contributed by atoms with Gasteiger partial charge in [-0.25, -0.2) is 0 Å². The topological polar surface area (TPSA) is 75.8 Å². The fourth-order valence-corrected chi connectivity index (χ4v) is 1.40. The normalized spacial score (nSPS) is 9.71. The van der Waals surface area contributed by atoms with Crippen molar-refractivity contribution in [1.82, 2.24) is 9.78 Å². The van der Waals surface area contributed by atoms with Gasteiger partial charge in [0.15, 0.2) is 0 Å². The molecule has 0 unspecified atom stereocenters. The number of nitrogens with zero attached hydrogens (tertiary/aromatic N) is 5. The average molecular weight is 229 g/mol. The van der Waals surface area contributed by atoms with Crippen molar-refractivity contribution in [2.45, 2.75) is 6.61 Å². The monoisotopic (exact) mass is 229 g/mol. The third-order valence-corrected chi connectivity index (χ3v) is 2.32. The van der Waals surface area contributed by atoms with Crippen LogP contribution in [-0.4, -0.2) is 9.78 Å². The molecule has 0 N–H and O–H groups in total. The van der Waals surface area contributed by atoms with Crippen molar-refractivity contribution in [3.8, 4) is 5.75 Å². The molecular formula is C11H11N5O. The second-order valence-corrected chi connectivity index (χ2v) is 3.39. The zero-order chi connectivity index (χ0) is 12.1. The molecule has 2 aromatic rings. The fourth-order valence-electron chi connectivity index (χ4n) is 1.40. The van der Waals surface area contributed by atoms with Gasteiger partial charge in [-0.1, -0.05) is 17.2 Å². The summed E-state index contributed by atoms with van der Waals surface area (Å²) in [4.78, 5) is 2.76. The average Bonchev–Trinajstić information content (AvgIpc) is 2.74. The molecular weight excluding hydrogens is 218 g/mol. The van der Waals surface area contributed by atoms with Crippen molar-refractivity contribution in [1.29, 1.82) is 0 Å². The minimum atomic E-state index is 0.383. The number of rotatable bonds is 4. The van der Waals surface area contributed by atoms with Gasteiger partial charge in [-0.15, -0.1) is 0 Å². The zero-order valence-corrected chi connectivity index (χ0v) is 9.32. The van der Waals surface area contributed by atoms with Crippen LogP contribution in [0, 0.1) is 0 Å². The van der Waals surface area contributed by atoms with E-state index in [0.717, 1.165) is 5.69 Å². The van der Waals surface area contributed by atoms with Crippen LogP contribution in [0.4, 0.5) is 5.69 Å². The highest BCUT2D eigenvalue weighted by Crippen LogP contribution is 2.27. The molecule has 0 atom stereocenters. The Morgan fingerprint density at radius 1 is 1.41 bits per heavy atom. The lowest BCUT2D eigenvalue weighted by atomic mass is 10.3. The van der Waals surface area contributed by atoms with E-state index in [9.17, 15) is 0 Å². The van der Waals surface area contributed by atoms with Gasteiger partial charge in [0.2, 0.25) is 0 Å². The van der Waals surface area contributed by atoms with Crippen LogP contribution in [0.1, 0.15) is 5.69 Å². The summed E-state index contributed by atoms with van der Waals surface area (Å²) in [6.45, 7) is 0.383. The quantitative estimate of drug-likeness (QED) is 0.459. The number of hydrogen-bond acceptors (Lipinski definition) is 3. The maximum atomic E-state index is 8.43. The minimum Gasteiger partial charge on any atom is -0.487 e. The summed E-state index contributed by atoms with van der Waals surface area (Å²) in [5.74, 6) is 0.562. The highest BCUT2D eigenvalue weighted by molar-refractivity contribution is 5.51. The molecule has 0 aliphatic carbocycles. The summed E-state index contributed by atoms with van der Waals surface area (Å²) in [6.07, 6.45) is 1.71. The lowest BCUT2D eigenvalue weighted by Gasteiger charge is -2.08. The number of aryl methyl sites for hydroxylation is 1. The summed E-state index contributed by atoms with van der Waals surface area (Å²) < 4.78 is 7.32. The van der Waals surface area contributed by atoms with E-state index in [1.807, 2.05) is 19.2 Å². The molecule has 6 heteroatoms. The molecule has 0 saturated heterocycles. The van der Waals surface area contributed by atoms with Crippen molar-refractivity contribution in [3.63, 3.8) is 0 Å². The number of aromatic nitrogens is 2. The van der Waals surface area contributed by atoms with Crippen LogP contribution in [0.2, 0.25) is 0 Å². The largest absolute Gasteiger partial charge is 0.487 e. The van der Waals surface area contributed by atoms with Crippen LogP contribution in [0.3, 0.4) is 0 Å². The smallest absolute Gasteiger partial charge is 0.130 e. The van der Waals surface area contributed by atoms with E-state index in [0.29, 0.717) is 18.0 Å². The van der Waals surface area contributed by atoms with Crippen LogP contribution >= 0.6 is 0 Å². The number of ether oxygens (including phenoxy) is 1. The lowest BCUT2D eigenvalue weighted by Crippen LogP contribution is -2.02. The molecule has 1 aromatic heterocycles. The predicted molar refractivity (Wildman–Crippen MR) is 62.8 cm³/mol. The molecule has 0 bridgehead atoms. The summed E-state index contributed by atoms with van der Waals surface area (Å²) in [7, 11) is 1.85. The molecule has 0 amide bonds. The molecule has 0 aliphatic heterocycles. The molecule has 1 heterocycles. The van der Waals surface area contributed by atoms with Gasteiger partial charge < -0.3 is 4.74 Å². The maximum Gasteiger partial charge on any atom is 0.130 e. The minimum absolute atomic E-state index is 0.383. The Morgan fingerprint density at radius 2 is 2.24 bits per heavy atom. The second-order valence-electron chi connectivity index (χ2n) is 3.39. The van der Waals surface area contributed by atoms with Crippen molar-refractivity contribution in [2.24, 2.45) is 12.2 Å². The van der Waals surface area contributed by atoms with Gasteiger partial charge in [-0.2, -0.15) is 5.10 Å². The zero-order valence-electron chi connectivity index (χ0n) is 9.32. The maximum absolute atomic E-state index is 8.43. The van der Waals surface area contributed by atoms with Crippen molar-refractivity contribution >= 4 is 5.69 Å². The lowest BCUT2D eigenvalue weighted by molar-refractivity contribution is 0.296. The summed E-state index contributed by atoms with van der Waals surface area (Å²) in [5.41, 5.74) is 9.86. The van der Waals surface area contributed by atoms with Gasteiger partial charge in [-0.05, 0) is 23.7 Å². The van der Waals surface area contributed by atoms with Crippen LogP contribution in [-0.2, 0) is 13.7 Å². The Labute approximate surface area is 98.1 Å². The Hall–Kier alpha value is -2.46.